The third kappa shape index (κ3) is 1.08. The number of aromatic nitrogens is 4. The highest BCUT2D eigenvalue weighted by molar-refractivity contribution is 14.1. The van der Waals surface area contributed by atoms with Gasteiger partial charge in [-0.15, -0.1) is 0 Å². The molecule has 4 nitrogen and oxygen atoms in total. The van der Waals surface area contributed by atoms with Crippen LogP contribution in [0, 0.1) is 10.5 Å². The van der Waals surface area contributed by atoms with Crippen molar-refractivity contribution in [2.45, 2.75) is 6.92 Å². The Morgan fingerprint density at radius 1 is 1.58 bits per heavy atom. The van der Waals surface area contributed by atoms with Gasteiger partial charge in [0.25, 0.3) is 5.78 Å². The summed E-state index contributed by atoms with van der Waals surface area (Å²) in [6.07, 6.45) is 1.43. The van der Waals surface area contributed by atoms with Crippen molar-refractivity contribution in [2.75, 3.05) is 0 Å². The average molecular weight is 294 g/mol. The van der Waals surface area contributed by atoms with Gasteiger partial charge in [-0.3, -0.25) is 0 Å². The minimum absolute atomic E-state index is 0.540. The molecule has 2 aromatic heterocycles. The van der Waals surface area contributed by atoms with E-state index >= 15 is 0 Å². The van der Waals surface area contributed by atoms with Crippen LogP contribution in [0.1, 0.15) is 5.69 Å². The number of aryl methyl sites for hydroxylation is 1. The lowest BCUT2D eigenvalue weighted by Gasteiger charge is -2.00. The Balaban J connectivity index is 2.94. The van der Waals surface area contributed by atoms with Crippen LogP contribution in [-0.4, -0.2) is 19.6 Å². The summed E-state index contributed by atoms with van der Waals surface area (Å²) in [6.45, 7) is 1.89. The fourth-order valence-electron chi connectivity index (χ4n) is 0.891. The molecule has 0 spiro atoms. The molecule has 2 heterocycles. The van der Waals surface area contributed by atoms with E-state index in [2.05, 4.69) is 37.7 Å². The van der Waals surface area contributed by atoms with Gasteiger partial charge in [0.15, 0.2) is 0 Å². The minimum atomic E-state index is 0.540. The minimum Gasteiger partial charge on any atom is -0.215 e. The number of nitrogens with zero attached hydrogens (tertiary/aromatic N) is 4. The summed E-state index contributed by atoms with van der Waals surface area (Å²) in [5.41, 5.74) is 0.876. The van der Waals surface area contributed by atoms with E-state index in [0.717, 1.165) is 9.26 Å². The van der Waals surface area contributed by atoms with Crippen LogP contribution in [0.2, 0.25) is 5.15 Å². The molecule has 0 N–H and O–H groups in total. The van der Waals surface area contributed by atoms with E-state index in [9.17, 15) is 0 Å². The number of hydrogen-bond acceptors (Lipinski definition) is 3. The molecule has 0 saturated heterocycles. The molecule has 0 radical (unpaired) electrons. The van der Waals surface area contributed by atoms with E-state index in [0.29, 0.717) is 10.9 Å². The third-order valence-electron chi connectivity index (χ3n) is 1.48. The predicted molar refractivity (Wildman–Crippen MR) is 53.2 cm³/mol. The van der Waals surface area contributed by atoms with Crippen molar-refractivity contribution in [2.24, 2.45) is 0 Å². The van der Waals surface area contributed by atoms with Crippen LogP contribution in [0.25, 0.3) is 5.78 Å². The van der Waals surface area contributed by atoms with Gasteiger partial charge in [-0.25, -0.2) is 4.98 Å². The molecule has 0 aliphatic heterocycles. The van der Waals surface area contributed by atoms with E-state index in [4.69, 9.17) is 11.6 Å². The lowest BCUT2D eigenvalue weighted by Crippen LogP contribution is -1.98. The summed E-state index contributed by atoms with van der Waals surface area (Å²) in [6, 6.07) is 0. The van der Waals surface area contributed by atoms with Crippen molar-refractivity contribution in [3.05, 3.63) is 20.7 Å². The number of rotatable bonds is 0. The Hall–Kier alpha value is -0.430. The van der Waals surface area contributed by atoms with Crippen LogP contribution in [0.4, 0.5) is 0 Å². The molecule has 62 valence electrons. The first-order chi connectivity index (χ1) is 5.70. The SMILES string of the molecule is Cc1nc2ncnn2c(Cl)c1I. The van der Waals surface area contributed by atoms with Gasteiger partial charge in [0.1, 0.15) is 11.5 Å². The lowest BCUT2D eigenvalue weighted by atomic mass is 10.5. The lowest BCUT2D eigenvalue weighted by molar-refractivity contribution is 0.921. The highest BCUT2D eigenvalue weighted by Gasteiger charge is 2.08. The standard InChI is InChI=1S/C6H4ClIN4/c1-3-4(8)5(7)12-6(11-3)9-2-10-12/h2H,1H3. The molecule has 0 aliphatic carbocycles. The zero-order valence-corrected chi connectivity index (χ0v) is 9.04. The summed E-state index contributed by atoms with van der Waals surface area (Å²) >= 11 is 8.12. The smallest absolute Gasteiger partial charge is 0.215 e. The normalized spacial score (nSPS) is 10.9. The van der Waals surface area contributed by atoms with Gasteiger partial charge in [-0.05, 0) is 29.5 Å². The zero-order valence-electron chi connectivity index (χ0n) is 6.12. The second kappa shape index (κ2) is 2.81. The molecule has 0 unspecified atom stereocenters. The number of halogens is 2. The van der Waals surface area contributed by atoms with Gasteiger partial charge in [-0.2, -0.15) is 14.6 Å². The van der Waals surface area contributed by atoms with E-state index in [1.54, 1.807) is 0 Å². The highest BCUT2D eigenvalue weighted by atomic mass is 127. The third-order valence-corrected chi connectivity index (χ3v) is 3.44. The molecule has 0 aromatic carbocycles. The maximum atomic E-state index is 5.99. The van der Waals surface area contributed by atoms with Crippen LogP contribution in [0.3, 0.4) is 0 Å². The van der Waals surface area contributed by atoms with Crippen molar-refractivity contribution in [1.82, 2.24) is 19.6 Å². The van der Waals surface area contributed by atoms with E-state index in [1.807, 2.05) is 6.92 Å². The topological polar surface area (TPSA) is 43.1 Å². The van der Waals surface area contributed by atoms with Gasteiger partial charge in [0.2, 0.25) is 0 Å². The summed E-state index contributed by atoms with van der Waals surface area (Å²) in [4.78, 5) is 8.13. The van der Waals surface area contributed by atoms with Crippen molar-refractivity contribution >= 4 is 40.0 Å². The van der Waals surface area contributed by atoms with Crippen molar-refractivity contribution < 1.29 is 0 Å². The average Bonchev–Trinajstić information content (AvgIpc) is 2.48. The Kier molecular flexibility index (Phi) is 1.91. The highest BCUT2D eigenvalue weighted by Crippen LogP contribution is 2.20. The number of hydrogen-bond donors (Lipinski definition) is 0. The predicted octanol–water partition coefficient (Wildman–Crippen LogP) is 1.69. The Morgan fingerprint density at radius 2 is 2.33 bits per heavy atom. The van der Waals surface area contributed by atoms with Gasteiger partial charge in [0, 0.05) is 0 Å². The maximum absolute atomic E-state index is 5.99. The molecule has 0 bridgehead atoms. The van der Waals surface area contributed by atoms with E-state index in [-0.39, 0.29) is 0 Å². The molecule has 0 saturated carbocycles. The first kappa shape index (κ1) is 8.18. The van der Waals surface area contributed by atoms with Crippen molar-refractivity contribution in [1.29, 1.82) is 0 Å². The van der Waals surface area contributed by atoms with Crippen LogP contribution >= 0.6 is 34.2 Å². The van der Waals surface area contributed by atoms with Crippen LogP contribution < -0.4 is 0 Å². The van der Waals surface area contributed by atoms with Crippen molar-refractivity contribution in [3.8, 4) is 0 Å². The summed E-state index contributed by atoms with van der Waals surface area (Å²) in [5, 5.41) is 4.49. The Bertz CT molecular complexity index is 438. The van der Waals surface area contributed by atoms with E-state index in [1.165, 1.54) is 10.8 Å². The second-order valence-corrected chi connectivity index (χ2v) is 3.71. The summed E-state index contributed by atoms with van der Waals surface area (Å²) in [5.74, 6) is 0.540. The fraction of sp³-hybridized carbons (Fsp3) is 0.167. The molecule has 0 amide bonds. The van der Waals surface area contributed by atoms with Gasteiger partial charge < -0.3 is 0 Å². The zero-order chi connectivity index (χ0) is 8.72. The van der Waals surface area contributed by atoms with Gasteiger partial charge >= 0.3 is 0 Å². The van der Waals surface area contributed by atoms with E-state index < -0.39 is 0 Å². The largest absolute Gasteiger partial charge is 0.253 e. The van der Waals surface area contributed by atoms with Crippen LogP contribution in [0.5, 0.6) is 0 Å². The Morgan fingerprint density at radius 3 is 3.08 bits per heavy atom. The summed E-state index contributed by atoms with van der Waals surface area (Å²) in [7, 11) is 0. The molecule has 12 heavy (non-hydrogen) atoms. The van der Waals surface area contributed by atoms with Gasteiger partial charge in [0.05, 0.1) is 9.26 Å². The first-order valence-corrected chi connectivity index (χ1v) is 4.67. The molecular weight excluding hydrogens is 290 g/mol. The molecule has 0 fully saturated rings. The molecular formula is C6H4ClIN4. The summed E-state index contributed by atoms with van der Waals surface area (Å²) < 4.78 is 2.42. The second-order valence-electron chi connectivity index (χ2n) is 2.27. The van der Waals surface area contributed by atoms with Crippen LogP contribution in [-0.2, 0) is 0 Å². The monoisotopic (exact) mass is 294 g/mol. The molecule has 2 rings (SSSR count). The van der Waals surface area contributed by atoms with Crippen molar-refractivity contribution in [3.63, 3.8) is 0 Å². The molecule has 2 aromatic rings. The molecule has 0 aliphatic rings. The molecule has 0 atom stereocenters. The van der Waals surface area contributed by atoms with Crippen LogP contribution in [0.15, 0.2) is 6.33 Å². The number of fused-ring (bicyclic) bond motifs is 1. The Labute approximate surface area is 87.1 Å². The van der Waals surface area contributed by atoms with Gasteiger partial charge in [-0.1, -0.05) is 11.6 Å². The first-order valence-electron chi connectivity index (χ1n) is 3.21. The fourth-order valence-corrected chi connectivity index (χ4v) is 1.50. The maximum Gasteiger partial charge on any atom is 0.253 e. The quantitative estimate of drug-likeness (QED) is 0.548. The molecule has 6 heteroatoms.